The van der Waals surface area contributed by atoms with Gasteiger partial charge in [-0.05, 0) is 48.6 Å². The molecule has 1 aliphatic heterocycles. The van der Waals surface area contributed by atoms with Gasteiger partial charge < -0.3 is 10.4 Å². The topological polar surface area (TPSA) is 87.7 Å². The van der Waals surface area contributed by atoms with Crippen LogP contribution in [0, 0.1) is 5.82 Å². The molecule has 1 amide bonds. The Kier molecular flexibility index (Phi) is 8.16. The van der Waals surface area contributed by atoms with Crippen LogP contribution in [-0.2, 0) is 20.0 Å². The first-order valence-electron chi connectivity index (χ1n) is 9.96. The molecule has 0 saturated carbocycles. The largest absolute Gasteiger partial charge is 0.421 e. The molecule has 3 atom stereocenters. The third-order valence-corrected chi connectivity index (χ3v) is 6.65. The van der Waals surface area contributed by atoms with Crippen LogP contribution in [0.4, 0.5) is 17.6 Å². The van der Waals surface area contributed by atoms with Gasteiger partial charge in [0.15, 0.2) is 23.4 Å². The lowest BCUT2D eigenvalue weighted by Crippen LogP contribution is -2.44. The summed E-state index contributed by atoms with van der Waals surface area (Å²) < 4.78 is 55.3. The minimum absolute atomic E-state index is 0.00957. The molecular formula is C21H19BrCl2F4N2O4. The number of nitrogens with one attached hydrogen (secondary N) is 2. The molecule has 13 heteroatoms. The summed E-state index contributed by atoms with van der Waals surface area (Å²) in [5.41, 5.74) is -1.09. The summed E-state index contributed by atoms with van der Waals surface area (Å²) in [6.45, 7) is 1.55. The molecule has 1 aromatic rings. The van der Waals surface area contributed by atoms with Gasteiger partial charge >= 0.3 is 6.18 Å². The molecule has 3 unspecified atom stereocenters. The second-order valence-electron chi connectivity index (χ2n) is 7.94. The number of rotatable bonds is 6. The van der Waals surface area contributed by atoms with E-state index in [1.54, 1.807) is 6.92 Å². The van der Waals surface area contributed by atoms with E-state index in [1.165, 1.54) is 6.08 Å². The summed E-state index contributed by atoms with van der Waals surface area (Å²) in [4.78, 5) is 30.4. The number of allylic oxidation sites excluding steroid dienone is 3. The van der Waals surface area contributed by atoms with Crippen LogP contribution in [0.5, 0.6) is 0 Å². The monoisotopic (exact) mass is 588 g/mol. The zero-order valence-corrected chi connectivity index (χ0v) is 20.6. The third kappa shape index (κ3) is 5.66. The molecule has 1 aromatic carbocycles. The summed E-state index contributed by atoms with van der Waals surface area (Å²) in [5.74, 6) is -2.55. The molecule has 0 aromatic heterocycles. The summed E-state index contributed by atoms with van der Waals surface area (Å²) in [5, 5.41) is 11.8. The van der Waals surface area contributed by atoms with Crippen LogP contribution < -0.4 is 10.8 Å². The molecule has 0 radical (unpaired) electrons. The van der Waals surface area contributed by atoms with E-state index in [0.717, 1.165) is 0 Å². The zero-order chi connectivity index (χ0) is 25.4. The normalized spacial score (nSPS) is 22.9. The van der Waals surface area contributed by atoms with Crippen molar-refractivity contribution in [3.8, 4) is 0 Å². The zero-order valence-electron chi connectivity index (χ0n) is 17.5. The van der Waals surface area contributed by atoms with E-state index in [4.69, 9.17) is 28.0 Å². The number of Topliss-reactive ketones (excluding diaryl/α,β-unsaturated/α-hetero) is 1. The standard InChI is InChI=1S/C21H19BrCl2F4N2O4/c1-9-4-10(2-3-12(9)19(32)29-17-7-16(22)30-34-17)15(31)8-20(33,21(26,27)28)11-5-13(23)18(25)14(24)6-11/h4-6,16-17,30,33H,2-3,7-8H2,1H3,(H,29,32). The first-order chi connectivity index (χ1) is 15.7. The molecule has 3 rings (SSSR count). The number of benzene rings is 1. The highest BCUT2D eigenvalue weighted by Gasteiger charge is 2.56. The van der Waals surface area contributed by atoms with Crippen molar-refractivity contribution in [1.82, 2.24) is 10.8 Å². The molecule has 0 bridgehead atoms. The van der Waals surface area contributed by atoms with Crippen LogP contribution in [0.2, 0.25) is 10.0 Å². The van der Waals surface area contributed by atoms with Crippen LogP contribution >= 0.6 is 39.1 Å². The average Bonchev–Trinajstić information content (AvgIpc) is 3.14. The van der Waals surface area contributed by atoms with Gasteiger partial charge in [0.05, 0.1) is 21.4 Å². The Morgan fingerprint density at radius 3 is 2.38 bits per heavy atom. The van der Waals surface area contributed by atoms with Gasteiger partial charge in [-0.3, -0.25) is 14.4 Å². The fraction of sp³-hybridized carbons (Fsp3) is 0.429. The first-order valence-corrected chi connectivity index (χ1v) is 11.6. The van der Waals surface area contributed by atoms with Gasteiger partial charge in [-0.25, -0.2) is 4.39 Å². The molecule has 6 nitrogen and oxygen atoms in total. The van der Waals surface area contributed by atoms with Crippen molar-refractivity contribution < 1.29 is 37.1 Å². The van der Waals surface area contributed by atoms with Crippen LogP contribution in [0.3, 0.4) is 0 Å². The summed E-state index contributed by atoms with van der Waals surface area (Å²) >= 11 is 14.5. The number of carbonyl (C=O) groups is 2. The Labute approximate surface area is 210 Å². The molecule has 1 aliphatic carbocycles. The van der Waals surface area contributed by atoms with Crippen molar-refractivity contribution >= 4 is 50.8 Å². The van der Waals surface area contributed by atoms with E-state index in [2.05, 4.69) is 26.7 Å². The van der Waals surface area contributed by atoms with E-state index in [-0.39, 0.29) is 23.4 Å². The van der Waals surface area contributed by atoms with Gasteiger partial charge in [-0.15, -0.1) is 0 Å². The lowest BCUT2D eigenvalue weighted by atomic mass is 9.83. The Morgan fingerprint density at radius 2 is 1.88 bits per heavy atom. The molecule has 1 fully saturated rings. The summed E-state index contributed by atoms with van der Waals surface area (Å²) in [7, 11) is 0. The van der Waals surface area contributed by atoms with Crippen molar-refractivity contribution in [2.24, 2.45) is 0 Å². The smallest absolute Gasteiger partial charge is 0.376 e. The maximum absolute atomic E-state index is 13.9. The predicted octanol–water partition coefficient (Wildman–Crippen LogP) is 4.97. The Morgan fingerprint density at radius 1 is 1.26 bits per heavy atom. The van der Waals surface area contributed by atoms with E-state index in [0.29, 0.717) is 29.7 Å². The predicted molar refractivity (Wildman–Crippen MR) is 119 cm³/mol. The Hall–Kier alpha value is -1.50. The second-order valence-corrected chi connectivity index (χ2v) is 9.86. The quantitative estimate of drug-likeness (QED) is 0.189. The van der Waals surface area contributed by atoms with Gasteiger partial charge in [0.25, 0.3) is 0 Å². The van der Waals surface area contributed by atoms with E-state index in [1.807, 2.05) is 0 Å². The number of hydrogen-bond acceptors (Lipinski definition) is 5. The minimum Gasteiger partial charge on any atom is -0.376 e. The van der Waals surface area contributed by atoms with Gasteiger partial charge in [-0.2, -0.15) is 18.7 Å². The molecule has 34 heavy (non-hydrogen) atoms. The minimum atomic E-state index is -5.29. The SMILES string of the molecule is CC1=C(C(=O)NC2CC(Br)NO2)CCC(C(=O)CC(O)(c2cc(Cl)c(F)c(Cl)c2)C(F)(F)F)=C1. The lowest BCUT2D eigenvalue weighted by molar-refractivity contribution is -0.266. The Bertz CT molecular complexity index is 1060. The van der Waals surface area contributed by atoms with Gasteiger partial charge in [0.1, 0.15) is 0 Å². The maximum Gasteiger partial charge on any atom is 0.421 e. The summed E-state index contributed by atoms with van der Waals surface area (Å²) in [6, 6.07) is 1.17. The molecule has 186 valence electrons. The molecule has 2 aliphatic rings. The number of hydroxylamine groups is 1. The number of amides is 1. The van der Waals surface area contributed by atoms with Gasteiger partial charge in [0, 0.05) is 12.0 Å². The number of halogens is 7. The van der Waals surface area contributed by atoms with Gasteiger partial charge in [-0.1, -0.05) is 45.2 Å². The summed E-state index contributed by atoms with van der Waals surface area (Å²) in [6.07, 6.45) is -5.34. The highest BCUT2D eigenvalue weighted by molar-refractivity contribution is 9.09. The highest BCUT2D eigenvalue weighted by Crippen LogP contribution is 2.44. The number of alkyl halides is 4. The van der Waals surface area contributed by atoms with Crippen molar-refractivity contribution in [3.05, 3.63) is 56.4 Å². The fourth-order valence-corrected chi connectivity index (χ4v) is 4.59. The van der Waals surface area contributed by atoms with E-state index >= 15 is 0 Å². The third-order valence-electron chi connectivity index (χ3n) is 5.54. The molecule has 0 spiro atoms. The molecule has 1 saturated heterocycles. The maximum atomic E-state index is 13.9. The first kappa shape index (κ1) is 27.1. The van der Waals surface area contributed by atoms with Crippen molar-refractivity contribution in [2.45, 2.75) is 55.6 Å². The Balaban J connectivity index is 1.83. The molecule has 1 heterocycles. The highest BCUT2D eigenvalue weighted by atomic mass is 79.9. The second kappa shape index (κ2) is 10.2. The molecular weight excluding hydrogens is 571 g/mol. The lowest BCUT2D eigenvalue weighted by Gasteiger charge is -2.31. The van der Waals surface area contributed by atoms with Crippen LogP contribution in [0.25, 0.3) is 0 Å². The number of ketones is 1. The average molecular weight is 590 g/mol. The number of carbonyl (C=O) groups excluding carboxylic acids is 2. The van der Waals surface area contributed by atoms with Crippen LogP contribution in [0.1, 0.15) is 38.2 Å². The van der Waals surface area contributed by atoms with E-state index < -0.39 is 57.5 Å². The van der Waals surface area contributed by atoms with Crippen molar-refractivity contribution in [1.29, 1.82) is 0 Å². The number of hydrogen-bond donors (Lipinski definition) is 3. The molecule has 3 N–H and O–H groups in total. The van der Waals surface area contributed by atoms with Crippen molar-refractivity contribution in [2.75, 3.05) is 0 Å². The van der Waals surface area contributed by atoms with Crippen molar-refractivity contribution in [3.63, 3.8) is 0 Å². The van der Waals surface area contributed by atoms with Gasteiger partial charge in [0.2, 0.25) is 5.91 Å². The van der Waals surface area contributed by atoms with Crippen LogP contribution in [-0.4, -0.2) is 34.2 Å². The fourth-order valence-electron chi connectivity index (χ4n) is 3.66. The van der Waals surface area contributed by atoms with E-state index in [9.17, 15) is 32.3 Å². The van der Waals surface area contributed by atoms with Crippen LogP contribution in [0.15, 0.2) is 34.9 Å². The number of aliphatic hydroxyl groups is 1.